The lowest BCUT2D eigenvalue weighted by Crippen LogP contribution is -2.31. The number of rotatable bonds is 4. The number of nitriles is 1. The maximum Gasteiger partial charge on any atom is 0.223 e. The normalized spacial score (nSPS) is 35.2. The van der Waals surface area contributed by atoms with Crippen molar-refractivity contribution in [1.82, 2.24) is 16.0 Å². The predicted molar refractivity (Wildman–Crippen MR) is 85.1 cm³/mol. The van der Waals surface area contributed by atoms with Crippen LogP contribution in [0.15, 0.2) is 0 Å². The number of hydrogen-bond acceptors (Lipinski definition) is 4. The van der Waals surface area contributed by atoms with Gasteiger partial charge in [0.25, 0.3) is 0 Å². The monoisotopic (exact) mass is 318 g/mol. The van der Waals surface area contributed by atoms with Crippen LogP contribution in [0.4, 0.5) is 0 Å². The largest absolute Gasteiger partial charge is 0.350 e. The Balaban J connectivity index is 0.000000162. The zero-order valence-electron chi connectivity index (χ0n) is 13.9. The number of amides is 2. The number of fused-ring (bicyclic) bond motifs is 1. The fraction of sp³-hybridized carbons (Fsp3) is 0.824. The van der Waals surface area contributed by atoms with Crippen molar-refractivity contribution in [3.8, 4) is 6.07 Å². The molecule has 1 spiro atoms. The third-order valence-corrected chi connectivity index (χ3v) is 6.21. The second-order valence-corrected chi connectivity index (χ2v) is 8.07. The second-order valence-electron chi connectivity index (χ2n) is 8.07. The molecule has 4 atom stereocenters. The van der Waals surface area contributed by atoms with Crippen molar-refractivity contribution in [2.24, 2.45) is 23.2 Å². The Morgan fingerprint density at radius 1 is 1.39 bits per heavy atom. The highest BCUT2D eigenvalue weighted by Crippen LogP contribution is 2.59. The molecule has 0 bridgehead atoms. The fourth-order valence-corrected chi connectivity index (χ4v) is 4.24. The van der Waals surface area contributed by atoms with Crippen molar-refractivity contribution < 1.29 is 9.59 Å². The van der Waals surface area contributed by atoms with Gasteiger partial charge in [-0.25, -0.2) is 0 Å². The SMILES string of the molecule is CC1(C)C2CNCC21.N#CC(CC1CC2(CC2)NC1=O)NC=O. The Labute approximate surface area is 137 Å². The van der Waals surface area contributed by atoms with Gasteiger partial charge in [0, 0.05) is 11.5 Å². The van der Waals surface area contributed by atoms with E-state index in [1.54, 1.807) is 0 Å². The van der Waals surface area contributed by atoms with Gasteiger partial charge in [-0.05, 0) is 56.0 Å². The molecule has 0 aromatic heterocycles. The van der Waals surface area contributed by atoms with E-state index in [-0.39, 0.29) is 17.4 Å². The van der Waals surface area contributed by atoms with E-state index in [2.05, 4.69) is 29.8 Å². The van der Waals surface area contributed by atoms with Gasteiger partial charge >= 0.3 is 0 Å². The highest BCUT2D eigenvalue weighted by molar-refractivity contribution is 5.83. The maximum atomic E-state index is 11.5. The summed E-state index contributed by atoms with van der Waals surface area (Å²) in [5, 5.41) is 17.5. The molecule has 4 aliphatic rings. The Hall–Kier alpha value is -1.61. The highest BCUT2D eigenvalue weighted by Gasteiger charge is 2.59. The minimum atomic E-state index is -0.549. The summed E-state index contributed by atoms with van der Waals surface area (Å²) in [7, 11) is 0. The first-order valence-electron chi connectivity index (χ1n) is 8.54. The first-order chi connectivity index (χ1) is 10.9. The molecule has 2 heterocycles. The van der Waals surface area contributed by atoms with E-state index in [0.29, 0.717) is 18.2 Å². The fourth-order valence-electron chi connectivity index (χ4n) is 4.24. The standard InChI is InChI=1S/C10H13N3O2.C7H13N/c11-5-8(12-6-14)3-7-4-10(1-2-10)13-9(7)15;1-7(2)5-3-8-4-6(5)7/h6-8H,1-4H2,(H,12,14)(H,13,15);5-6,8H,3-4H2,1-2H3. The predicted octanol–water partition coefficient (Wildman–Crippen LogP) is 0.545. The van der Waals surface area contributed by atoms with Gasteiger partial charge in [0.2, 0.25) is 12.3 Å². The molecule has 126 valence electrons. The molecule has 6 nitrogen and oxygen atoms in total. The maximum absolute atomic E-state index is 11.5. The van der Waals surface area contributed by atoms with Crippen LogP contribution in [0.5, 0.6) is 0 Å². The van der Waals surface area contributed by atoms with E-state index in [4.69, 9.17) is 5.26 Å². The van der Waals surface area contributed by atoms with Crippen LogP contribution < -0.4 is 16.0 Å². The van der Waals surface area contributed by atoms with Crippen LogP contribution in [-0.4, -0.2) is 37.0 Å². The minimum absolute atomic E-state index is 0.0282. The molecule has 2 aliphatic carbocycles. The van der Waals surface area contributed by atoms with Crippen molar-refractivity contribution in [2.45, 2.75) is 51.1 Å². The van der Waals surface area contributed by atoms with E-state index >= 15 is 0 Å². The molecule has 4 fully saturated rings. The van der Waals surface area contributed by atoms with Gasteiger partial charge in [-0.15, -0.1) is 0 Å². The number of carbonyl (C=O) groups is 2. The summed E-state index contributed by atoms with van der Waals surface area (Å²) in [6.45, 7) is 7.31. The number of nitrogens with zero attached hydrogens (tertiary/aromatic N) is 1. The summed E-state index contributed by atoms with van der Waals surface area (Å²) in [5.41, 5.74) is 0.744. The highest BCUT2D eigenvalue weighted by atomic mass is 16.2. The van der Waals surface area contributed by atoms with Gasteiger partial charge in [0.1, 0.15) is 6.04 Å². The molecule has 2 saturated heterocycles. The van der Waals surface area contributed by atoms with Crippen LogP contribution in [0.1, 0.15) is 39.5 Å². The molecule has 2 amide bonds. The molecule has 0 aromatic carbocycles. The lowest BCUT2D eigenvalue weighted by atomic mass is 9.96. The molecule has 2 aliphatic heterocycles. The molecule has 0 aromatic rings. The van der Waals surface area contributed by atoms with Crippen molar-refractivity contribution in [1.29, 1.82) is 5.26 Å². The zero-order valence-corrected chi connectivity index (χ0v) is 13.9. The van der Waals surface area contributed by atoms with Crippen molar-refractivity contribution >= 4 is 12.3 Å². The summed E-state index contributed by atoms with van der Waals surface area (Å²) in [6, 6.07) is 1.43. The van der Waals surface area contributed by atoms with Crippen molar-refractivity contribution in [3.05, 3.63) is 0 Å². The summed E-state index contributed by atoms with van der Waals surface area (Å²) in [6.07, 6.45) is 3.84. The van der Waals surface area contributed by atoms with Gasteiger partial charge in [-0.1, -0.05) is 13.8 Å². The Morgan fingerprint density at radius 3 is 2.43 bits per heavy atom. The summed E-state index contributed by atoms with van der Waals surface area (Å²) in [5.74, 6) is 1.94. The number of carbonyl (C=O) groups excluding carboxylic acids is 2. The third-order valence-electron chi connectivity index (χ3n) is 6.21. The second kappa shape index (κ2) is 5.79. The first kappa shape index (κ1) is 16.3. The average molecular weight is 318 g/mol. The quantitative estimate of drug-likeness (QED) is 0.660. The van der Waals surface area contributed by atoms with Crippen LogP contribution in [0.2, 0.25) is 0 Å². The Bertz CT molecular complexity index is 523. The lowest BCUT2D eigenvalue weighted by Gasteiger charge is -2.11. The van der Waals surface area contributed by atoms with Crippen LogP contribution in [0.25, 0.3) is 0 Å². The molecule has 4 unspecified atom stereocenters. The van der Waals surface area contributed by atoms with Gasteiger partial charge < -0.3 is 16.0 Å². The zero-order chi connectivity index (χ0) is 16.7. The van der Waals surface area contributed by atoms with Crippen molar-refractivity contribution in [2.75, 3.05) is 13.1 Å². The molecule has 3 N–H and O–H groups in total. The molecule has 2 saturated carbocycles. The van der Waals surface area contributed by atoms with E-state index in [0.717, 1.165) is 31.1 Å². The van der Waals surface area contributed by atoms with Crippen LogP contribution in [0, 0.1) is 34.5 Å². The third kappa shape index (κ3) is 3.20. The lowest BCUT2D eigenvalue weighted by molar-refractivity contribution is -0.123. The van der Waals surface area contributed by atoms with Crippen LogP contribution in [0.3, 0.4) is 0 Å². The molecule has 6 heteroatoms. The number of hydrogen-bond donors (Lipinski definition) is 3. The van der Waals surface area contributed by atoms with Crippen LogP contribution in [-0.2, 0) is 9.59 Å². The van der Waals surface area contributed by atoms with E-state index in [9.17, 15) is 9.59 Å². The smallest absolute Gasteiger partial charge is 0.223 e. The summed E-state index contributed by atoms with van der Waals surface area (Å²) in [4.78, 5) is 21.8. The van der Waals surface area contributed by atoms with Crippen molar-refractivity contribution in [3.63, 3.8) is 0 Å². The van der Waals surface area contributed by atoms with E-state index in [1.165, 1.54) is 13.1 Å². The van der Waals surface area contributed by atoms with E-state index in [1.807, 2.05) is 6.07 Å². The van der Waals surface area contributed by atoms with Crippen LogP contribution >= 0.6 is 0 Å². The summed E-state index contributed by atoms with van der Waals surface area (Å²) >= 11 is 0. The van der Waals surface area contributed by atoms with Gasteiger partial charge in [-0.3, -0.25) is 9.59 Å². The Kier molecular flexibility index (Phi) is 4.09. The van der Waals surface area contributed by atoms with Gasteiger partial charge in [0.15, 0.2) is 0 Å². The molecule has 23 heavy (non-hydrogen) atoms. The molecular formula is C17H26N4O2. The van der Waals surface area contributed by atoms with E-state index < -0.39 is 6.04 Å². The van der Waals surface area contributed by atoms with Gasteiger partial charge in [-0.2, -0.15) is 5.26 Å². The average Bonchev–Trinajstić information content (AvgIpc) is 3.18. The van der Waals surface area contributed by atoms with Gasteiger partial charge in [0.05, 0.1) is 6.07 Å². The molecular weight excluding hydrogens is 292 g/mol. The minimum Gasteiger partial charge on any atom is -0.350 e. The number of piperidine rings is 1. The number of nitrogens with one attached hydrogen (secondary N) is 3. The topological polar surface area (TPSA) is 94.0 Å². The first-order valence-corrected chi connectivity index (χ1v) is 8.54. The molecule has 4 rings (SSSR count). The molecule has 0 radical (unpaired) electrons. The Morgan fingerprint density at radius 2 is 2.04 bits per heavy atom. The summed E-state index contributed by atoms with van der Waals surface area (Å²) < 4.78 is 0.